The van der Waals surface area contributed by atoms with Crippen LogP contribution in [0.1, 0.15) is 65.9 Å². The van der Waals surface area contributed by atoms with E-state index in [0.717, 1.165) is 45.3 Å². The van der Waals surface area contributed by atoms with Gasteiger partial charge in [-0.2, -0.15) is 0 Å². The van der Waals surface area contributed by atoms with Crippen LogP contribution in [-0.4, -0.2) is 31.0 Å². The molecule has 3 aliphatic heterocycles. The number of fused-ring (bicyclic) bond motifs is 3. The largest absolute Gasteiger partial charge is 0.398 e. The molecule has 0 aromatic heterocycles. The van der Waals surface area contributed by atoms with Gasteiger partial charge in [0.25, 0.3) is 0 Å². The molecule has 3 heterocycles. The predicted molar refractivity (Wildman–Crippen MR) is 119 cm³/mol. The monoisotopic (exact) mass is 407 g/mol. The number of benzene rings is 2. The van der Waals surface area contributed by atoms with Gasteiger partial charge >= 0.3 is 0 Å². The standard InChI is InChI=1S/C25H30FN3O/c26-18-9-10-20(22(27)15-18)23(30)8-4-11-25-12-13-28-16-21(25)19-7-3-6-17-5-1-2-14-29(25)24(17)19/h3,6-7,9-10,15,21,28H,1-2,4-5,8,11-14,16,27H2. The molecule has 2 aromatic rings. The highest BCUT2D eigenvalue weighted by molar-refractivity contribution is 6.00. The van der Waals surface area contributed by atoms with Gasteiger partial charge in [-0.25, -0.2) is 4.39 Å². The van der Waals surface area contributed by atoms with E-state index in [0.29, 0.717) is 17.9 Å². The van der Waals surface area contributed by atoms with Crippen molar-refractivity contribution in [3.8, 4) is 0 Å². The Kier molecular flexibility index (Phi) is 5.02. The van der Waals surface area contributed by atoms with Crippen LogP contribution in [0, 0.1) is 5.82 Å². The molecular weight excluding hydrogens is 377 g/mol. The second-order valence-corrected chi connectivity index (χ2v) is 9.08. The number of hydrogen-bond donors (Lipinski definition) is 2. The van der Waals surface area contributed by atoms with Gasteiger partial charge in [0, 0.05) is 47.9 Å². The number of nitrogens with one attached hydrogen (secondary N) is 1. The zero-order valence-corrected chi connectivity index (χ0v) is 17.4. The predicted octanol–water partition coefficient (Wildman–Crippen LogP) is 4.43. The molecular formula is C25H30FN3O. The Morgan fingerprint density at radius 2 is 2.17 bits per heavy atom. The Bertz CT molecular complexity index is 975. The minimum atomic E-state index is -0.402. The number of para-hydroxylation sites is 1. The molecule has 0 bridgehead atoms. The van der Waals surface area contributed by atoms with Crippen molar-refractivity contribution in [2.24, 2.45) is 0 Å². The maximum absolute atomic E-state index is 13.3. The quantitative estimate of drug-likeness (QED) is 0.569. The minimum Gasteiger partial charge on any atom is -0.398 e. The van der Waals surface area contributed by atoms with Crippen LogP contribution in [0.25, 0.3) is 0 Å². The third-order valence-corrected chi connectivity index (χ3v) is 7.47. The van der Waals surface area contributed by atoms with Crippen molar-refractivity contribution in [2.75, 3.05) is 30.3 Å². The number of hydrogen-bond acceptors (Lipinski definition) is 4. The Labute approximate surface area is 177 Å². The first-order valence-corrected chi connectivity index (χ1v) is 11.3. The SMILES string of the molecule is Nc1cc(F)ccc1C(=O)CCCC12CCNCC1c1cccc3c1N2CCCC3. The Balaban J connectivity index is 1.39. The summed E-state index contributed by atoms with van der Waals surface area (Å²) in [5.74, 6) is 0.0907. The number of carbonyl (C=O) groups excluding carboxylic acids is 1. The zero-order chi connectivity index (χ0) is 20.7. The Morgan fingerprint density at radius 3 is 3.03 bits per heavy atom. The summed E-state index contributed by atoms with van der Waals surface area (Å²) in [6.07, 6.45) is 7.02. The summed E-state index contributed by atoms with van der Waals surface area (Å²) in [7, 11) is 0. The molecule has 2 unspecified atom stereocenters. The van der Waals surface area contributed by atoms with Crippen LogP contribution in [0.15, 0.2) is 36.4 Å². The van der Waals surface area contributed by atoms with Crippen LogP contribution < -0.4 is 16.0 Å². The summed E-state index contributed by atoms with van der Waals surface area (Å²) < 4.78 is 13.3. The van der Waals surface area contributed by atoms with E-state index in [4.69, 9.17) is 5.73 Å². The number of piperidine rings is 1. The van der Waals surface area contributed by atoms with Crippen molar-refractivity contribution >= 4 is 17.2 Å². The van der Waals surface area contributed by atoms with Crippen LogP contribution >= 0.6 is 0 Å². The number of carbonyl (C=O) groups is 1. The van der Waals surface area contributed by atoms with Gasteiger partial charge in [-0.1, -0.05) is 18.2 Å². The summed E-state index contributed by atoms with van der Waals surface area (Å²) >= 11 is 0. The molecule has 0 amide bonds. The maximum atomic E-state index is 13.3. The average Bonchev–Trinajstić information content (AvgIpc) is 2.86. The molecule has 5 rings (SSSR count). The first-order chi connectivity index (χ1) is 14.6. The van der Waals surface area contributed by atoms with E-state index < -0.39 is 5.82 Å². The molecule has 0 spiro atoms. The van der Waals surface area contributed by atoms with Crippen LogP contribution in [0.5, 0.6) is 0 Å². The van der Waals surface area contributed by atoms with Crippen molar-refractivity contribution in [3.05, 3.63) is 58.9 Å². The fourth-order valence-electron chi connectivity index (χ4n) is 6.12. The van der Waals surface area contributed by atoms with Gasteiger partial charge in [-0.05, 0) is 74.4 Å². The minimum absolute atomic E-state index is 0.0152. The molecule has 158 valence electrons. The summed E-state index contributed by atoms with van der Waals surface area (Å²) in [5, 5.41) is 3.61. The lowest BCUT2D eigenvalue weighted by Crippen LogP contribution is -2.56. The van der Waals surface area contributed by atoms with Crippen LogP contribution in [0.3, 0.4) is 0 Å². The van der Waals surface area contributed by atoms with Crippen LogP contribution in [0.4, 0.5) is 15.8 Å². The lowest BCUT2D eigenvalue weighted by atomic mass is 9.73. The first kappa shape index (κ1) is 19.6. The fraction of sp³-hybridized carbons (Fsp3) is 0.480. The summed E-state index contributed by atoms with van der Waals surface area (Å²) in [4.78, 5) is 15.5. The smallest absolute Gasteiger partial charge is 0.164 e. The van der Waals surface area contributed by atoms with Gasteiger partial charge in [0.05, 0.1) is 0 Å². The number of nitrogens with two attached hydrogens (primary N) is 1. The second kappa shape index (κ2) is 7.69. The molecule has 30 heavy (non-hydrogen) atoms. The van der Waals surface area contributed by atoms with E-state index >= 15 is 0 Å². The van der Waals surface area contributed by atoms with Crippen molar-refractivity contribution in [1.82, 2.24) is 5.32 Å². The molecule has 0 saturated carbocycles. The number of nitrogen functional groups attached to an aromatic ring is 1. The molecule has 0 aliphatic carbocycles. The third-order valence-electron chi connectivity index (χ3n) is 7.47. The van der Waals surface area contributed by atoms with E-state index in [-0.39, 0.29) is 17.0 Å². The van der Waals surface area contributed by atoms with Crippen LogP contribution in [0.2, 0.25) is 0 Å². The number of Topliss-reactive ketones (excluding diaryl/α,β-unsaturated/α-hetero) is 1. The molecule has 1 fully saturated rings. The number of aryl methyl sites for hydroxylation is 1. The number of ketones is 1. The first-order valence-electron chi connectivity index (χ1n) is 11.3. The van der Waals surface area contributed by atoms with Gasteiger partial charge in [0.15, 0.2) is 5.78 Å². The average molecular weight is 408 g/mol. The zero-order valence-electron chi connectivity index (χ0n) is 17.4. The highest BCUT2D eigenvalue weighted by atomic mass is 19.1. The molecule has 3 aliphatic rings. The molecule has 3 N–H and O–H groups in total. The summed E-state index contributed by atoms with van der Waals surface area (Å²) in [6.45, 7) is 3.14. The summed E-state index contributed by atoms with van der Waals surface area (Å²) in [5.41, 5.74) is 11.1. The molecule has 5 heteroatoms. The number of rotatable bonds is 5. The van der Waals surface area contributed by atoms with Crippen molar-refractivity contribution in [2.45, 2.75) is 56.4 Å². The van der Waals surface area contributed by atoms with Crippen molar-refractivity contribution in [1.29, 1.82) is 0 Å². The molecule has 2 aromatic carbocycles. The maximum Gasteiger partial charge on any atom is 0.164 e. The van der Waals surface area contributed by atoms with Crippen molar-refractivity contribution < 1.29 is 9.18 Å². The van der Waals surface area contributed by atoms with Gasteiger partial charge in [-0.3, -0.25) is 4.79 Å². The topological polar surface area (TPSA) is 58.4 Å². The van der Waals surface area contributed by atoms with Gasteiger partial charge in [-0.15, -0.1) is 0 Å². The van der Waals surface area contributed by atoms with E-state index in [9.17, 15) is 9.18 Å². The molecule has 1 saturated heterocycles. The number of anilines is 2. The van der Waals surface area contributed by atoms with Crippen molar-refractivity contribution in [3.63, 3.8) is 0 Å². The molecule has 0 radical (unpaired) electrons. The Morgan fingerprint density at radius 1 is 1.27 bits per heavy atom. The third kappa shape index (κ3) is 3.11. The highest BCUT2D eigenvalue weighted by Gasteiger charge is 2.52. The van der Waals surface area contributed by atoms with Gasteiger partial charge in [0.2, 0.25) is 0 Å². The fourth-order valence-corrected chi connectivity index (χ4v) is 6.12. The van der Waals surface area contributed by atoms with E-state index in [1.807, 2.05) is 0 Å². The Hall–Kier alpha value is -2.40. The summed E-state index contributed by atoms with van der Waals surface area (Å²) in [6, 6.07) is 10.9. The van der Waals surface area contributed by atoms with E-state index in [1.165, 1.54) is 47.9 Å². The second-order valence-electron chi connectivity index (χ2n) is 9.08. The number of nitrogens with zero attached hydrogens (tertiary/aromatic N) is 1. The van der Waals surface area contributed by atoms with E-state index in [2.05, 4.69) is 28.4 Å². The van der Waals surface area contributed by atoms with Crippen LogP contribution in [-0.2, 0) is 6.42 Å². The van der Waals surface area contributed by atoms with Gasteiger partial charge < -0.3 is 16.0 Å². The number of halogens is 1. The molecule has 2 atom stereocenters. The highest BCUT2D eigenvalue weighted by Crippen LogP contribution is 2.54. The van der Waals surface area contributed by atoms with E-state index in [1.54, 1.807) is 0 Å². The molecule has 4 nitrogen and oxygen atoms in total. The normalized spacial score (nSPS) is 24.8. The lowest BCUT2D eigenvalue weighted by Gasteiger charge is -2.47. The lowest BCUT2D eigenvalue weighted by molar-refractivity contribution is 0.0975. The van der Waals surface area contributed by atoms with Gasteiger partial charge in [0.1, 0.15) is 5.82 Å².